The molecule has 35 heavy (non-hydrogen) atoms. The van der Waals surface area contributed by atoms with Crippen LogP contribution in [0.3, 0.4) is 0 Å². The molecule has 1 rings (SSSR count). The van der Waals surface area contributed by atoms with E-state index in [2.05, 4.69) is 79.2 Å². The van der Waals surface area contributed by atoms with Crippen LogP contribution in [0.2, 0.25) is 0 Å². The lowest BCUT2D eigenvalue weighted by Crippen LogP contribution is -3.00. The minimum Gasteiger partial charge on any atom is -1.00 e. The fourth-order valence-corrected chi connectivity index (χ4v) is 5.04. The van der Waals surface area contributed by atoms with Crippen LogP contribution in [0.1, 0.15) is 117 Å². The number of rotatable bonds is 19. The van der Waals surface area contributed by atoms with E-state index >= 15 is 0 Å². The Bertz CT molecular complexity index is 514. The number of benzene rings is 1. The van der Waals surface area contributed by atoms with Crippen LogP contribution in [0, 0.1) is 0 Å². The fourth-order valence-electron chi connectivity index (χ4n) is 5.04. The number of nitrogens with zero attached hydrogens (tertiary/aromatic N) is 2. The van der Waals surface area contributed by atoms with Crippen molar-refractivity contribution in [1.82, 2.24) is 0 Å². The van der Waals surface area contributed by atoms with E-state index in [-0.39, 0.29) is 29.4 Å². The van der Waals surface area contributed by atoms with Crippen LogP contribution in [-0.4, -0.2) is 56.3 Å². The monoisotopic (exact) mass is 576 g/mol. The normalized spacial score (nSPS) is 11.2. The zero-order valence-electron chi connectivity index (χ0n) is 24.8. The molecule has 2 nitrogen and oxygen atoms in total. The topological polar surface area (TPSA) is 0 Å². The molecule has 0 aromatic heterocycles. The fraction of sp³-hybridized carbons (Fsp3) is 0.806. The Morgan fingerprint density at radius 2 is 0.914 bits per heavy atom. The van der Waals surface area contributed by atoms with Gasteiger partial charge in [0.2, 0.25) is 0 Å². The number of hydrogen-bond donors (Lipinski definition) is 0. The molecular formula is C31H62BrClN2. The van der Waals surface area contributed by atoms with Gasteiger partial charge in [-0.3, -0.25) is 0 Å². The Kier molecular flexibility index (Phi) is 28.8. The van der Waals surface area contributed by atoms with Crippen LogP contribution < -0.4 is 29.4 Å². The molecule has 0 spiro atoms. The number of quaternary nitrogens is 2. The molecule has 0 aliphatic heterocycles. The highest BCUT2D eigenvalue weighted by molar-refractivity contribution is 5.13. The molecule has 0 saturated carbocycles. The summed E-state index contributed by atoms with van der Waals surface area (Å²) in [5, 5.41) is 0. The van der Waals surface area contributed by atoms with E-state index in [1.165, 1.54) is 126 Å². The molecule has 0 radical (unpaired) electrons. The van der Waals surface area contributed by atoms with Gasteiger partial charge in [0.25, 0.3) is 0 Å². The van der Waals surface area contributed by atoms with Gasteiger partial charge >= 0.3 is 0 Å². The Morgan fingerprint density at radius 1 is 0.514 bits per heavy atom. The van der Waals surface area contributed by atoms with Crippen LogP contribution in [-0.2, 0) is 6.54 Å². The maximum Gasteiger partial charge on any atom is 0.104 e. The average Bonchev–Trinajstić information content (AvgIpc) is 2.76. The van der Waals surface area contributed by atoms with Gasteiger partial charge in [0.05, 0.1) is 47.3 Å². The second kappa shape index (κ2) is 25.6. The van der Waals surface area contributed by atoms with Crippen LogP contribution in [0.25, 0.3) is 0 Å². The molecule has 0 N–H and O–H groups in total. The highest BCUT2D eigenvalue weighted by Gasteiger charge is 2.24. The minimum atomic E-state index is 0. The number of hydrogen-bond acceptors (Lipinski definition) is 0. The zero-order chi connectivity index (χ0) is 24.8. The molecule has 0 aliphatic carbocycles. The molecule has 1 aromatic carbocycles. The summed E-state index contributed by atoms with van der Waals surface area (Å²) < 4.78 is 2.39. The highest BCUT2D eigenvalue weighted by Crippen LogP contribution is 2.17. The Balaban J connectivity index is -0.000000555. The molecule has 0 heterocycles. The van der Waals surface area contributed by atoms with Crippen LogP contribution in [0.15, 0.2) is 30.3 Å². The second-order valence-corrected chi connectivity index (χ2v) is 11.4. The van der Waals surface area contributed by atoms with Crippen LogP contribution in [0.4, 0.5) is 0 Å². The Hall–Kier alpha value is -0.0900. The van der Waals surface area contributed by atoms with Gasteiger partial charge in [0.1, 0.15) is 6.54 Å². The van der Waals surface area contributed by atoms with Gasteiger partial charge in [0.15, 0.2) is 0 Å². The summed E-state index contributed by atoms with van der Waals surface area (Å²) in [7, 11) is 6.86. The minimum absolute atomic E-state index is 0. The summed E-state index contributed by atoms with van der Waals surface area (Å²) in [5.41, 5.74) is 1.49. The molecule has 0 fully saturated rings. The van der Waals surface area contributed by atoms with Crippen molar-refractivity contribution in [1.29, 1.82) is 0 Å². The highest BCUT2D eigenvalue weighted by atomic mass is 79.9. The first-order valence-corrected chi connectivity index (χ1v) is 14.5. The van der Waals surface area contributed by atoms with Crippen molar-refractivity contribution in [3.63, 3.8) is 0 Å². The molecule has 1 aromatic rings. The molecule has 0 atom stereocenters. The summed E-state index contributed by atoms with van der Waals surface area (Å²) in [4.78, 5) is 0. The van der Waals surface area contributed by atoms with E-state index in [1.54, 1.807) is 0 Å². The lowest BCUT2D eigenvalue weighted by atomic mass is 10.1. The van der Waals surface area contributed by atoms with Crippen LogP contribution >= 0.6 is 0 Å². The smallest absolute Gasteiger partial charge is 0.104 e. The Labute approximate surface area is 238 Å². The third-order valence-corrected chi connectivity index (χ3v) is 6.64. The molecule has 0 amide bonds. The van der Waals surface area contributed by atoms with Gasteiger partial charge in [-0.2, -0.15) is 0 Å². The van der Waals surface area contributed by atoms with Crippen LogP contribution in [0.5, 0.6) is 0 Å². The number of halogens is 2. The quantitative estimate of drug-likeness (QED) is 0.175. The largest absolute Gasteiger partial charge is 1.00 e. The average molecular weight is 578 g/mol. The first-order valence-electron chi connectivity index (χ1n) is 14.5. The summed E-state index contributed by atoms with van der Waals surface area (Å²) >= 11 is 0. The van der Waals surface area contributed by atoms with E-state index in [1.807, 2.05) is 0 Å². The van der Waals surface area contributed by atoms with Crippen molar-refractivity contribution in [2.24, 2.45) is 0 Å². The lowest BCUT2D eigenvalue weighted by molar-refractivity contribution is -0.941. The predicted octanol–water partition coefficient (Wildman–Crippen LogP) is 2.85. The van der Waals surface area contributed by atoms with Gasteiger partial charge in [0, 0.05) is 5.56 Å². The van der Waals surface area contributed by atoms with Gasteiger partial charge in [-0.15, -0.1) is 0 Å². The third-order valence-electron chi connectivity index (χ3n) is 6.64. The van der Waals surface area contributed by atoms with Crippen molar-refractivity contribution in [2.75, 3.05) is 47.3 Å². The molecule has 0 unspecified atom stereocenters. The van der Waals surface area contributed by atoms with Gasteiger partial charge < -0.3 is 38.4 Å². The maximum atomic E-state index is 2.31. The first-order chi connectivity index (χ1) is 15.8. The second-order valence-electron chi connectivity index (χ2n) is 11.4. The summed E-state index contributed by atoms with van der Waals surface area (Å²) in [6, 6.07) is 11.0. The van der Waals surface area contributed by atoms with E-state index in [9.17, 15) is 0 Å². The molecule has 4 heteroatoms. The van der Waals surface area contributed by atoms with Crippen molar-refractivity contribution in [3.05, 3.63) is 35.9 Å². The standard InChI is InChI=1S/C16H28N.C15H34N.BrH.ClH/c1-4-12-17(13-5-2,14-6-3)15-16-10-8-7-9-11-16;1-5-6-7-8-9-10-11-12-13-14-15-16(2,3)4;;/h7-11H,4-6,12-15H2,1-3H3;5-15H2,1-4H3;2*1H/q2*+1;;/p-2. The van der Waals surface area contributed by atoms with E-state index < -0.39 is 0 Å². The van der Waals surface area contributed by atoms with E-state index in [4.69, 9.17) is 0 Å². The molecule has 0 bridgehead atoms. The van der Waals surface area contributed by atoms with Gasteiger partial charge in [-0.1, -0.05) is 109 Å². The summed E-state index contributed by atoms with van der Waals surface area (Å²) in [6.07, 6.45) is 18.3. The third kappa shape index (κ3) is 24.0. The summed E-state index contributed by atoms with van der Waals surface area (Å²) in [5.74, 6) is 0. The maximum absolute atomic E-state index is 2.31. The molecule has 210 valence electrons. The predicted molar refractivity (Wildman–Crippen MR) is 151 cm³/mol. The molecule has 0 aliphatic rings. The number of unbranched alkanes of at least 4 members (excludes halogenated alkanes) is 9. The molecule has 0 saturated heterocycles. The van der Waals surface area contributed by atoms with E-state index in [0.29, 0.717) is 0 Å². The van der Waals surface area contributed by atoms with Crippen molar-refractivity contribution >= 4 is 0 Å². The lowest BCUT2D eigenvalue weighted by Gasteiger charge is -2.38. The zero-order valence-corrected chi connectivity index (χ0v) is 27.1. The van der Waals surface area contributed by atoms with Gasteiger partial charge in [-0.25, -0.2) is 0 Å². The Morgan fingerprint density at radius 3 is 1.29 bits per heavy atom. The van der Waals surface area contributed by atoms with Crippen molar-refractivity contribution < 1.29 is 38.4 Å². The van der Waals surface area contributed by atoms with Crippen molar-refractivity contribution in [2.45, 2.75) is 118 Å². The van der Waals surface area contributed by atoms with Crippen molar-refractivity contribution in [3.8, 4) is 0 Å². The van der Waals surface area contributed by atoms with Gasteiger partial charge in [-0.05, 0) is 32.1 Å². The van der Waals surface area contributed by atoms with E-state index in [0.717, 1.165) is 4.48 Å². The molecular weight excluding hydrogens is 516 g/mol. The SMILES string of the molecule is CCCCCCCCCCCC[N+](C)(C)C.CCC[N+](CCC)(CCC)Cc1ccccc1.[Br-].[Cl-]. The first kappa shape index (κ1) is 39.4. The summed E-state index contributed by atoms with van der Waals surface area (Å²) in [6.45, 7) is 15.7.